The highest BCUT2D eigenvalue weighted by atomic mass is 16.7. The van der Waals surface area contributed by atoms with Gasteiger partial charge in [-0.2, -0.15) is 0 Å². The molecule has 1 aliphatic heterocycles. The highest BCUT2D eigenvalue weighted by Gasteiger charge is 2.41. The lowest BCUT2D eigenvalue weighted by atomic mass is 9.92. The Bertz CT molecular complexity index is 285. The van der Waals surface area contributed by atoms with Gasteiger partial charge in [0, 0.05) is 12.0 Å². The second-order valence-electron chi connectivity index (χ2n) is 3.54. The van der Waals surface area contributed by atoms with Crippen LogP contribution < -0.4 is 0 Å². The van der Waals surface area contributed by atoms with E-state index in [0.29, 0.717) is 0 Å². The van der Waals surface area contributed by atoms with Gasteiger partial charge in [0.2, 0.25) is 0 Å². The maximum absolute atomic E-state index is 10.7. The topological polar surface area (TPSA) is 76.0 Å². The molecule has 2 aliphatic rings. The molecule has 0 aromatic heterocycles. The Hall–Kier alpha value is -0.910. The fourth-order valence-corrected chi connectivity index (χ4v) is 1.84. The van der Waals surface area contributed by atoms with E-state index in [2.05, 4.69) is 0 Å². The van der Waals surface area contributed by atoms with Gasteiger partial charge in [0.25, 0.3) is 0 Å². The quantitative estimate of drug-likeness (QED) is 0.617. The predicted molar refractivity (Wildman–Crippen MR) is 45.6 cm³/mol. The first-order valence-corrected chi connectivity index (χ1v) is 4.51. The molecule has 0 aromatic rings. The maximum Gasteiger partial charge on any atom is 0.331 e. The highest BCUT2D eigenvalue weighted by Crippen LogP contribution is 2.30. The van der Waals surface area contributed by atoms with Gasteiger partial charge in [0.15, 0.2) is 6.29 Å². The van der Waals surface area contributed by atoms with Crippen LogP contribution in [-0.2, 0) is 14.3 Å². The van der Waals surface area contributed by atoms with E-state index in [1.165, 1.54) is 6.08 Å². The highest BCUT2D eigenvalue weighted by molar-refractivity contribution is 5.87. The summed E-state index contributed by atoms with van der Waals surface area (Å²) in [6.45, 7) is 1.72. The van der Waals surface area contributed by atoms with Crippen LogP contribution in [0.3, 0.4) is 0 Å². The van der Waals surface area contributed by atoms with Gasteiger partial charge in [-0.25, -0.2) is 4.79 Å². The van der Waals surface area contributed by atoms with Gasteiger partial charge in [-0.05, 0) is 13.0 Å². The van der Waals surface area contributed by atoms with Crippen LogP contribution in [0.2, 0.25) is 0 Å². The molecule has 5 heteroatoms. The first-order valence-electron chi connectivity index (χ1n) is 4.51. The molecule has 1 heterocycles. The Morgan fingerprint density at radius 2 is 2.29 bits per heavy atom. The van der Waals surface area contributed by atoms with Gasteiger partial charge < -0.3 is 19.7 Å². The van der Waals surface area contributed by atoms with Crippen LogP contribution in [0.5, 0.6) is 0 Å². The lowest BCUT2D eigenvalue weighted by molar-refractivity contribution is -0.133. The number of carboxylic acids is 1. The number of aliphatic hydroxyl groups excluding tert-OH is 1. The van der Waals surface area contributed by atoms with Crippen LogP contribution >= 0.6 is 0 Å². The molecule has 0 radical (unpaired) electrons. The number of aliphatic hydroxyl groups is 1. The molecule has 0 spiro atoms. The molecule has 14 heavy (non-hydrogen) atoms. The number of rotatable bonds is 1. The number of aliphatic carboxylic acids is 1. The largest absolute Gasteiger partial charge is 0.478 e. The van der Waals surface area contributed by atoms with E-state index >= 15 is 0 Å². The van der Waals surface area contributed by atoms with Gasteiger partial charge in [-0.3, -0.25) is 0 Å². The van der Waals surface area contributed by atoms with E-state index in [1.54, 1.807) is 6.92 Å². The number of carbonyl (C=O) groups is 1. The summed E-state index contributed by atoms with van der Waals surface area (Å²) >= 11 is 0. The first-order chi connectivity index (χ1) is 6.58. The lowest BCUT2D eigenvalue weighted by Gasteiger charge is -2.25. The monoisotopic (exact) mass is 200 g/mol. The molecule has 78 valence electrons. The molecule has 2 N–H and O–H groups in total. The first kappa shape index (κ1) is 9.64. The van der Waals surface area contributed by atoms with Gasteiger partial charge in [0.05, 0.1) is 6.10 Å². The zero-order valence-corrected chi connectivity index (χ0v) is 7.71. The predicted octanol–water partition coefficient (Wildman–Crippen LogP) is -0.108. The minimum atomic E-state index is -1.01. The van der Waals surface area contributed by atoms with E-state index < -0.39 is 24.3 Å². The van der Waals surface area contributed by atoms with Crippen LogP contribution in [0.25, 0.3) is 0 Å². The van der Waals surface area contributed by atoms with Crippen molar-refractivity contribution in [3.63, 3.8) is 0 Å². The Kier molecular flexibility index (Phi) is 2.30. The van der Waals surface area contributed by atoms with Crippen molar-refractivity contribution in [3.05, 3.63) is 11.6 Å². The van der Waals surface area contributed by atoms with Crippen LogP contribution in [0.4, 0.5) is 0 Å². The van der Waals surface area contributed by atoms with Crippen molar-refractivity contribution in [2.75, 3.05) is 0 Å². The number of hydrogen-bond donors (Lipinski definition) is 2. The molecular weight excluding hydrogens is 188 g/mol. The van der Waals surface area contributed by atoms with Crippen LogP contribution in [0.1, 0.15) is 13.3 Å². The molecule has 1 saturated heterocycles. The Balaban J connectivity index is 2.21. The zero-order valence-electron chi connectivity index (χ0n) is 7.71. The Morgan fingerprint density at radius 1 is 1.57 bits per heavy atom. The van der Waals surface area contributed by atoms with Gasteiger partial charge >= 0.3 is 5.97 Å². The van der Waals surface area contributed by atoms with Crippen LogP contribution in [-0.4, -0.2) is 40.8 Å². The average Bonchev–Trinajstić information content (AvgIpc) is 2.45. The van der Waals surface area contributed by atoms with Crippen molar-refractivity contribution in [2.24, 2.45) is 0 Å². The smallest absolute Gasteiger partial charge is 0.331 e. The summed E-state index contributed by atoms with van der Waals surface area (Å²) in [5.74, 6) is -1.01. The van der Waals surface area contributed by atoms with E-state index in [-0.39, 0.29) is 18.3 Å². The van der Waals surface area contributed by atoms with Gasteiger partial charge in [-0.1, -0.05) is 0 Å². The molecule has 2 rings (SSSR count). The molecule has 0 saturated carbocycles. The van der Waals surface area contributed by atoms with Crippen molar-refractivity contribution < 1.29 is 24.5 Å². The average molecular weight is 200 g/mol. The SMILES string of the molecule is C[C@@H]1O[C@@H]2[C@H](C=C(C(=O)O)C[C@@H]2O)O1. The zero-order chi connectivity index (χ0) is 10.3. The number of hydrogen-bond acceptors (Lipinski definition) is 4. The summed E-state index contributed by atoms with van der Waals surface area (Å²) in [5.41, 5.74) is 0.191. The molecule has 1 fully saturated rings. The molecular formula is C9H12O5. The lowest BCUT2D eigenvalue weighted by Crippen LogP contribution is -2.38. The van der Waals surface area contributed by atoms with Crippen molar-refractivity contribution in [2.45, 2.75) is 37.9 Å². The Labute approximate surface area is 80.9 Å². The van der Waals surface area contributed by atoms with Crippen molar-refractivity contribution in [3.8, 4) is 0 Å². The summed E-state index contributed by atoms with van der Waals surface area (Å²) in [6.07, 6.45) is -0.395. The molecule has 0 bridgehead atoms. The van der Waals surface area contributed by atoms with E-state index in [4.69, 9.17) is 14.6 Å². The maximum atomic E-state index is 10.7. The standard InChI is InChI=1S/C9H12O5/c1-4-13-7-3-5(9(11)12)2-6(10)8(7)14-4/h3-4,6-8,10H,2H2,1H3,(H,11,12)/t4-,6-,7-,8-/m0/s1. The van der Waals surface area contributed by atoms with E-state index in [0.717, 1.165) is 0 Å². The third kappa shape index (κ3) is 1.54. The van der Waals surface area contributed by atoms with Gasteiger partial charge in [-0.15, -0.1) is 0 Å². The molecule has 0 aromatic carbocycles. The molecule has 5 nitrogen and oxygen atoms in total. The van der Waals surface area contributed by atoms with Crippen LogP contribution in [0.15, 0.2) is 11.6 Å². The second-order valence-corrected chi connectivity index (χ2v) is 3.54. The summed E-state index contributed by atoms with van der Waals surface area (Å²) in [7, 11) is 0. The van der Waals surface area contributed by atoms with E-state index in [1.807, 2.05) is 0 Å². The number of ether oxygens (including phenoxy) is 2. The van der Waals surface area contributed by atoms with Gasteiger partial charge in [0.1, 0.15) is 12.2 Å². The third-order valence-corrected chi connectivity index (χ3v) is 2.47. The second kappa shape index (κ2) is 3.34. The minimum absolute atomic E-state index is 0.118. The fraction of sp³-hybridized carbons (Fsp3) is 0.667. The third-order valence-electron chi connectivity index (χ3n) is 2.47. The molecule has 4 atom stereocenters. The Morgan fingerprint density at radius 3 is 2.93 bits per heavy atom. The summed E-state index contributed by atoms with van der Waals surface area (Å²) in [6, 6.07) is 0. The number of carboxylic acid groups (broad SMARTS) is 1. The summed E-state index contributed by atoms with van der Waals surface area (Å²) < 4.78 is 10.6. The fourth-order valence-electron chi connectivity index (χ4n) is 1.84. The molecule has 0 unspecified atom stereocenters. The molecule has 1 aliphatic carbocycles. The summed E-state index contributed by atoms with van der Waals surface area (Å²) in [4.78, 5) is 10.7. The van der Waals surface area contributed by atoms with Crippen molar-refractivity contribution >= 4 is 5.97 Å². The molecule has 0 amide bonds. The normalized spacial score (nSPS) is 41.7. The minimum Gasteiger partial charge on any atom is -0.478 e. The van der Waals surface area contributed by atoms with Crippen molar-refractivity contribution in [1.82, 2.24) is 0 Å². The summed E-state index contributed by atoms with van der Waals surface area (Å²) in [5, 5.41) is 18.4. The number of fused-ring (bicyclic) bond motifs is 1. The van der Waals surface area contributed by atoms with Crippen LogP contribution in [0, 0.1) is 0 Å². The van der Waals surface area contributed by atoms with Crippen molar-refractivity contribution in [1.29, 1.82) is 0 Å². The van der Waals surface area contributed by atoms with E-state index in [9.17, 15) is 9.90 Å².